The van der Waals surface area contributed by atoms with Gasteiger partial charge in [0.25, 0.3) is 5.91 Å². The fourth-order valence-electron chi connectivity index (χ4n) is 2.49. The predicted octanol–water partition coefficient (Wildman–Crippen LogP) is 4.48. The summed E-state index contributed by atoms with van der Waals surface area (Å²) in [4.78, 5) is 23.4. The molecule has 3 aromatic rings. The Morgan fingerprint density at radius 3 is 1.96 bits per heavy atom. The Morgan fingerprint density at radius 1 is 0.778 bits per heavy atom. The number of benzene rings is 3. The third-order valence-electron chi connectivity index (χ3n) is 3.83. The Kier molecular flexibility index (Phi) is 5.84. The van der Waals surface area contributed by atoms with Crippen molar-refractivity contribution < 1.29 is 14.3 Å². The highest BCUT2D eigenvalue weighted by atomic mass is 16.5. The zero-order chi connectivity index (χ0) is 19.1. The minimum absolute atomic E-state index is 0.138. The van der Waals surface area contributed by atoms with Gasteiger partial charge in [0, 0.05) is 23.9 Å². The molecule has 0 atom stereocenters. The lowest BCUT2D eigenvalue weighted by Gasteiger charge is -2.09. The summed E-state index contributed by atoms with van der Waals surface area (Å²) in [6, 6.07) is 23.8. The van der Waals surface area contributed by atoms with E-state index < -0.39 is 0 Å². The van der Waals surface area contributed by atoms with Gasteiger partial charge in [-0.2, -0.15) is 0 Å². The first kappa shape index (κ1) is 18.2. The molecule has 3 rings (SSSR count). The van der Waals surface area contributed by atoms with E-state index in [2.05, 4.69) is 10.6 Å². The number of amides is 2. The van der Waals surface area contributed by atoms with E-state index in [4.69, 9.17) is 4.74 Å². The van der Waals surface area contributed by atoms with Gasteiger partial charge < -0.3 is 15.4 Å². The van der Waals surface area contributed by atoms with Crippen LogP contribution in [-0.4, -0.2) is 11.8 Å². The Labute approximate surface area is 158 Å². The van der Waals surface area contributed by atoms with E-state index in [1.165, 1.54) is 6.92 Å². The highest BCUT2D eigenvalue weighted by molar-refractivity contribution is 6.04. The molecule has 0 radical (unpaired) electrons. The van der Waals surface area contributed by atoms with Crippen LogP contribution in [0.5, 0.6) is 5.75 Å². The van der Waals surface area contributed by atoms with E-state index in [-0.39, 0.29) is 11.8 Å². The van der Waals surface area contributed by atoms with Crippen molar-refractivity contribution in [2.75, 3.05) is 10.6 Å². The lowest BCUT2D eigenvalue weighted by atomic mass is 10.2. The summed E-state index contributed by atoms with van der Waals surface area (Å²) in [6.45, 7) is 1.93. The number of carbonyl (C=O) groups is 2. The van der Waals surface area contributed by atoms with Crippen LogP contribution >= 0.6 is 0 Å². The molecular weight excluding hydrogens is 340 g/mol. The molecule has 0 saturated heterocycles. The highest BCUT2D eigenvalue weighted by Crippen LogP contribution is 2.17. The maximum absolute atomic E-state index is 12.3. The van der Waals surface area contributed by atoms with Gasteiger partial charge in [0.2, 0.25) is 5.91 Å². The second kappa shape index (κ2) is 8.67. The topological polar surface area (TPSA) is 67.4 Å². The Balaban J connectivity index is 1.56. The third-order valence-corrected chi connectivity index (χ3v) is 3.83. The first-order valence-electron chi connectivity index (χ1n) is 8.56. The predicted molar refractivity (Wildman–Crippen MR) is 106 cm³/mol. The van der Waals surface area contributed by atoms with Crippen LogP contribution in [0.1, 0.15) is 22.8 Å². The van der Waals surface area contributed by atoms with Crippen molar-refractivity contribution in [3.63, 3.8) is 0 Å². The van der Waals surface area contributed by atoms with Crippen molar-refractivity contribution in [3.8, 4) is 5.75 Å². The fourth-order valence-corrected chi connectivity index (χ4v) is 2.49. The number of nitrogens with one attached hydrogen (secondary N) is 2. The number of rotatable bonds is 6. The SMILES string of the molecule is CC(=O)Nc1ccc(NC(=O)c2ccc(OCc3ccccc3)cc2)cc1. The molecule has 3 aromatic carbocycles. The summed E-state index contributed by atoms with van der Waals surface area (Å²) in [5, 5.41) is 5.51. The Hall–Kier alpha value is -3.60. The minimum atomic E-state index is -0.211. The van der Waals surface area contributed by atoms with E-state index in [9.17, 15) is 9.59 Å². The van der Waals surface area contributed by atoms with Crippen molar-refractivity contribution in [3.05, 3.63) is 90.0 Å². The van der Waals surface area contributed by atoms with Crippen LogP contribution in [0.3, 0.4) is 0 Å². The average Bonchev–Trinajstić information content (AvgIpc) is 2.69. The Bertz CT molecular complexity index is 905. The van der Waals surface area contributed by atoms with E-state index in [0.29, 0.717) is 29.3 Å². The number of ether oxygens (including phenoxy) is 1. The van der Waals surface area contributed by atoms with Crippen LogP contribution in [0.15, 0.2) is 78.9 Å². The monoisotopic (exact) mass is 360 g/mol. The van der Waals surface area contributed by atoms with Gasteiger partial charge in [-0.1, -0.05) is 30.3 Å². The summed E-state index contributed by atoms with van der Waals surface area (Å²) in [6.07, 6.45) is 0. The van der Waals surface area contributed by atoms with Crippen LogP contribution in [-0.2, 0) is 11.4 Å². The van der Waals surface area contributed by atoms with Gasteiger partial charge in [0.15, 0.2) is 0 Å². The van der Waals surface area contributed by atoms with Crippen molar-refractivity contribution in [1.29, 1.82) is 0 Å². The molecule has 2 N–H and O–H groups in total. The first-order valence-corrected chi connectivity index (χ1v) is 8.56. The normalized spacial score (nSPS) is 10.1. The van der Waals surface area contributed by atoms with Crippen LogP contribution in [0.2, 0.25) is 0 Å². The summed E-state index contributed by atoms with van der Waals surface area (Å²) in [5.41, 5.74) is 2.95. The van der Waals surface area contributed by atoms with Gasteiger partial charge in [-0.15, -0.1) is 0 Å². The maximum atomic E-state index is 12.3. The van der Waals surface area contributed by atoms with Gasteiger partial charge >= 0.3 is 0 Å². The molecule has 0 unspecified atom stereocenters. The van der Waals surface area contributed by atoms with Gasteiger partial charge in [-0.05, 0) is 54.1 Å². The van der Waals surface area contributed by atoms with E-state index in [1.54, 1.807) is 48.5 Å². The van der Waals surface area contributed by atoms with Crippen molar-refractivity contribution in [2.24, 2.45) is 0 Å². The molecule has 0 aliphatic rings. The van der Waals surface area contributed by atoms with Crippen molar-refractivity contribution in [1.82, 2.24) is 0 Å². The summed E-state index contributed by atoms with van der Waals surface area (Å²) < 4.78 is 5.72. The molecule has 27 heavy (non-hydrogen) atoms. The highest BCUT2D eigenvalue weighted by Gasteiger charge is 2.07. The molecule has 0 bridgehead atoms. The second-order valence-corrected chi connectivity index (χ2v) is 6.01. The van der Waals surface area contributed by atoms with E-state index >= 15 is 0 Å². The average molecular weight is 360 g/mol. The molecule has 0 aliphatic carbocycles. The minimum Gasteiger partial charge on any atom is -0.489 e. The standard InChI is InChI=1S/C22H20N2O3/c1-16(25)23-19-9-11-20(12-10-19)24-22(26)18-7-13-21(14-8-18)27-15-17-5-3-2-4-6-17/h2-14H,15H2,1H3,(H,23,25)(H,24,26). The van der Waals surface area contributed by atoms with E-state index in [1.807, 2.05) is 30.3 Å². The molecule has 0 spiro atoms. The van der Waals surface area contributed by atoms with Crippen molar-refractivity contribution >= 4 is 23.2 Å². The number of hydrogen-bond donors (Lipinski definition) is 2. The van der Waals surface area contributed by atoms with E-state index in [0.717, 1.165) is 5.56 Å². The quantitative estimate of drug-likeness (QED) is 0.681. The molecule has 0 fully saturated rings. The molecule has 0 saturated carbocycles. The largest absolute Gasteiger partial charge is 0.489 e. The summed E-state index contributed by atoms with van der Waals surface area (Å²) in [7, 11) is 0. The summed E-state index contributed by atoms with van der Waals surface area (Å²) in [5.74, 6) is 0.355. The Morgan fingerprint density at radius 2 is 1.37 bits per heavy atom. The first-order chi connectivity index (χ1) is 13.1. The van der Waals surface area contributed by atoms with Crippen LogP contribution in [0.25, 0.3) is 0 Å². The second-order valence-electron chi connectivity index (χ2n) is 6.01. The van der Waals surface area contributed by atoms with Crippen LogP contribution in [0, 0.1) is 0 Å². The van der Waals surface area contributed by atoms with Crippen LogP contribution in [0.4, 0.5) is 11.4 Å². The van der Waals surface area contributed by atoms with Crippen LogP contribution < -0.4 is 15.4 Å². The molecule has 5 heteroatoms. The maximum Gasteiger partial charge on any atom is 0.255 e. The fraction of sp³-hybridized carbons (Fsp3) is 0.0909. The number of carbonyl (C=O) groups excluding carboxylic acids is 2. The molecular formula is C22H20N2O3. The summed E-state index contributed by atoms with van der Waals surface area (Å²) >= 11 is 0. The molecule has 136 valence electrons. The number of hydrogen-bond acceptors (Lipinski definition) is 3. The molecule has 2 amide bonds. The third kappa shape index (κ3) is 5.44. The molecule has 0 aliphatic heterocycles. The lowest BCUT2D eigenvalue weighted by Crippen LogP contribution is -2.12. The van der Waals surface area contributed by atoms with Crippen molar-refractivity contribution in [2.45, 2.75) is 13.5 Å². The smallest absolute Gasteiger partial charge is 0.255 e. The zero-order valence-electron chi connectivity index (χ0n) is 14.9. The van der Waals surface area contributed by atoms with Gasteiger partial charge in [0.05, 0.1) is 0 Å². The molecule has 0 heterocycles. The molecule has 0 aromatic heterocycles. The number of anilines is 2. The van der Waals surface area contributed by atoms with Gasteiger partial charge in [-0.3, -0.25) is 9.59 Å². The lowest BCUT2D eigenvalue weighted by molar-refractivity contribution is -0.114. The van der Waals surface area contributed by atoms with Gasteiger partial charge in [-0.25, -0.2) is 0 Å². The van der Waals surface area contributed by atoms with Gasteiger partial charge in [0.1, 0.15) is 12.4 Å². The zero-order valence-corrected chi connectivity index (χ0v) is 14.9. The molecule has 5 nitrogen and oxygen atoms in total.